The number of H-pyrrole nitrogens is 1. The summed E-state index contributed by atoms with van der Waals surface area (Å²) in [6, 6.07) is 6.44. The molecule has 1 aromatic carbocycles. The van der Waals surface area contributed by atoms with Crippen molar-refractivity contribution in [2.45, 2.75) is 140 Å². The van der Waals surface area contributed by atoms with Crippen molar-refractivity contribution in [1.82, 2.24) is 31.2 Å². The van der Waals surface area contributed by atoms with Crippen LogP contribution in [0.3, 0.4) is 0 Å². The molecular weight excluding hydrogens is 715 g/mol. The minimum Gasteiger partial charge on any atom is -0.444 e. The molecule has 4 fully saturated rings. The van der Waals surface area contributed by atoms with Crippen molar-refractivity contribution in [2.24, 2.45) is 11.8 Å². The van der Waals surface area contributed by atoms with Crippen LogP contribution in [0, 0.1) is 11.8 Å². The number of unbranched alkanes of at least 4 members (excludes halogenated alkanes) is 1. The number of piperidine rings is 3. The minimum absolute atomic E-state index is 0.0323. The predicted octanol–water partition coefficient (Wildman–Crippen LogP) is 3.28. The monoisotopic (exact) mass is 781 g/mol. The number of benzene rings is 1. The van der Waals surface area contributed by atoms with E-state index in [0.29, 0.717) is 18.0 Å². The maximum absolute atomic E-state index is 14.3. The van der Waals surface area contributed by atoms with Crippen LogP contribution in [0.1, 0.15) is 103 Å². The van der Waals surface area contributed by atoms with Gasteiger partial charge in [0.15, 0.2) is 0 Å². The molecule has 5 atom stereocenters. The van der Waals surface area contributed by atoms with Gasteiger partial charge in [0.25, 0.3) is 0 Å². The Bertz CT molecular complexity index is 1540. The molecule has 2 aromatic rings. The number of alkyl carbamates (subject to hydrolysis) is 1. The molecule has 1 saturated carbocycles. The van der Waals surface area contributed by atoms with Crippen LogP contribution in [0.5, 0.6) is 0 Å². The van der Waals surface area contributed by atoms with Crippen LogP contribution < -0.4 is 21.3 Å². The summed E-state index contributed by atoms with van der Waals surface area (Å²) in [7, 11) is 0. The van der Waals surface area contributed by atoms with Crippen LogP contribution in [-0.2, 0) is 32.0 Å². The molecule has 1 aliphatic carbocycles. The topological polar surface area (TPSA) is 195 Å². The largest absolute Gasteiger partial charge is 0.444 e. The Balaban J connectivity index is 1.29. The SMILES string of the molecule is CC(C)(C)OC(=O)N[C@@H](Cc1ccccc1)C(=O)N[C@@H](Cc1cnc[nH]1)C(=O)N[C@@H](CC1CCCCC1)[C@@H](O)CC(=O)NC1C[N+]2(CCCCO)CCC1CC2. The van der Waals surface area contributed by atoms with E-state index in [4.69, 9.17) is 4.74 Å². The van der Waals surface area contributed by atoms with Gasteiger partial charge in [-0.2, -0.15) is 0 Å². The van der Waals surface area contributed by atoms with E-state index in [0.717, 1.165) is 94.0 Å². The summed E-state index contributed by atoms with van der Waals surface area (Å²) < 4.78 is 6.44. The van der Waals surface area contributed by atoms with E-state index in [1.54, 1.807) is 27.0 Å². The van der Waals surface area contributed by atoms with Gasteiger partial charge in [0, 0.05) is 44.2 Å². The van der Waals surface area contributed by atoms with Crippen molar-refractivity contribution < 1.29 is 38.6 Å². The molecule has 6 rings (SSSR count). The first-order chi connectivity index (χ1) is 26.8. The van der Waals surface area contributed by atoms with Crippen LogP contribution in [-0.4, -0.2) is 117 Å². The van der Waals surface area contributed by atoms with Gasteiger partial charge in [0.05, 0.1) is 57.1 Å². The molecule has 14 heteroatoms. The highest BCUT2D eigenvalue weighted by atomic mass is 16.6. The number of aromatic nitrogens is 2. The first kappa shape index (κ1) is 43.1. The number of hydrogen-bond donors (Lipinski definition) is 7. The molecule has 56 heavy (non-hydrogen) atoms. The zero-order valence-corrected chi connectivity index (χ0v) is 33.6. The lowest BCUT2D eigenvalue weighted by atomic mass is 9.81. The average Bonchev–Trinajstić information content (AvgIpc) is 3.68. The average molecular weight is 781 g/mol. The second kappa shape index (κ2) is 20.4. The summed E-state index contributed by atoms with van der Waals surface area (Å²) in [5, 5.41) is 32.9. The number of hydrogen-bond acceptors (Lipinski definition) is 8. The number of carbonyl (C=O) groups is 4. The molecule has 1 aromatic heterocycles. The molecular formula is C42H66N7O7+. The lowest BCUT2D eigenvalue weighted by Gasteiger charge is -2.53. The van der Waals surface area contributed by atoms with Crippen LogP contribution in [0.2, 0.25) is 0 Å². The van der Waals surface area contributed by atoms with E-state index in [-0.39, 0.29) is 43.7 Å². The highest BCUT2D eigenvalue weighted by molar-refractivity contribution is 5.92. The maximum Gasteiger partial charge on any atom is 0.408 e. The molecule has 310 valence electrons. The number of amides is 4. The number of nitrogens with one attached hydrogen (secondary N) is 5. The standard InChI is InChI=1S/C42H65N7O7/c1-42(2,3)56-41(55)48-34(23-30-14-8-5-9-15-30)39(53)47-35(24-32-26-43-28-44-32)40(54)46-33(22-29-12-6-4-7-13-29)37(51)25-38(52)45-36-27-49(18-10-11-21-50)19-16-31(36)17-20-49/h5,8-9,14-15,26,28-29,31,33-37,50-51H,4,6-7,10-13,16-25,27H2,1-3H3,(H4-,43,44,45,46,47,48,52,53,54,55)/p+1/t31?,33-,34-,35-,36?,37-,49?/m0/s1. The smallest absolute Gasteiger partial charge is 0.408 e. The second-order valence-electron chi connectivity index (χ2n) is 17.5. The molecule has 2 bridgehead atoms. The van der Waals surface area contributed by atoms with Gasteiger partial charge in [-0.1, -0.05) is 62.4 Å². The number of fused-ring (bicyclic) bond motifs is 3. The van der Waals surface area contributed by atoms with Gasteiger partial charge < -0.3 is 45.7 Å². The van der Waals surface area contributed by atoms with Gasteiger partial charge in [0.2, 0.25) is 17.7 Å². The van der Waals surface area contributed by atoms with Crippen molar-refractivity contribution in [3.63, 3.8) is 0 Å². The molecule has 3 aliphatic heterocycles. The van der Waals surface area contributed by atoms with Crippen LogP contribution in [0.15, 0.2) is 42.9 Å². The third-order valence-electron chi connectivity index (χ3n) is 11.9. The fraction of sp³-hybridized carbons (Fsp3) is 0.690. The number of nitrogens with zero attached hydrogens (tertiary/aromatic N) is 2. The van der Waals surface area contributed by atoms with Crippen LogP contribution in [0.4, 0.5) is 4.79 Å². The lowest BCUT2D eigenvalue weighted by Crippen LogP contribution is -2.67. The fourth-order valence-electron chi connectivity index (χ4n) is 8.91. The van der Waals surface area contributed by atoms with E-state index >= 15 is 0 Å². The van der Waals surface area contributed by atoms with Gasteiger partial charge in [-0.25, -0.2) is 9.78 Å². The number of aromatic amines is 1. The van der Waals surface area contributed by atoms with Crippen molar-refractivity contribution in [3.05, 3.63) is 54.1 Å². The van der Waals surface area contributed by atoms with E-state index in [1.165, 1.54) is 6.33 Å². The Labute approximate surface area is 331 Å². The lowest BCUT2D eigenvalue weighted by molar-refractivity contribution is -0.944. The second-order valence-corrected chi connectivity index (χ2v) is 17.5. The van der Waals surface area contributed by atoms with Gasteiger partial charge in [-0.3, -0.25) is 14.4 Å². The molecule has 1 unspecified atom stereocenters. The van der Waals surface area contributed by atoms with Crippen molar-refractivity contribution in [2.75, 3.05) is 32.8 Å². The molecule has 4 aliphatic rings. The van der Waals surface area contributed by atoms with Gasteiger partial charge in [-0.15, -0.1) is 0 Å². The number of carbonyl (C=O) groups excluding carboxylic acids is 4. The van der Waals surface area contributed by atoms with Crippen molar-refractivity contribution in [3.8, 4) is 0 Å². The summed E-state index contributed by atoms with van der Waals surface area (Å²) in [6.07, 6.45) is 10.9. The summed E-state index contributed by atoms with van der Waals surface area (Å²) in [5.41, 5.74) is 0.636. The highest BCUT2D eigenvalue weighted by Gasteiger charge is 2.46. The van der Waals surface area contributed by atoms with Gasteiger partial charge in [-0.05, 0) is 57.4 Å². The Morgan fingerprint density at radius 2 is 1.62 bits per heavy atom. The Kier molecular flexibility index (Phi) is 15.7. The summed E-state index contributed by atoms with van der Waals surface area (Å²) in [6.45, 7) is 9.46. The van der Waals surface area contributed by atoms with E-state index in [2.05, 4.69) is 31.2 Å². The normalized spacial score (nSPS) is 23.3. The summed E-state index contributed by atoms with van der Waals surface area (Å²) in [5.74, 6) is -0.611. The number of imidazole rings is 1. The molecule has 0 radical (unpaired) electrons. The van der Waals surface area contributed by atoms with Crippen LogP contribution in [0.25, 0.3) is 0 Å². The number of quaternary nitrogens is 1. The number of rotatable bonds is 19. The first-order valence-electron chi connectivity index (χ1n) is 20.9. The first-order valence-corrected chi connectivity index (χ1v) is 20.9. The van der Waals surface area contributed by atoms with E-state index in [9.17, 15) is 29.4 Å². The molecule has 14 nitrogen and oxygen atoms in total. The molecule has 4 amide bonds. The van der Waals surface area contributed by atoms with Gasteiger partial charge in [0.1, 0.15) is 17.7 Å². The molecule has 3 saturated heterocycles. The molecule has 7 N–H and O–H groups in total. The third kappa shape index (κ3) is 13.3. The minimum atomic E-state index is -1.14. The van der Waals surface area contributed by atoms with Gasteiger partial charge >= 0.3 is 6.09 Å². The summed E-state index contributed by atoms with van der Waals surface area (Å²) >= 11 is 0. The van der Waals surface area contributed by atoms with E-state index in [1.807, 2.05) is 30.3 Å². The third-order valence-corrected chi connectivity index (χ3v) is 11.9. The van der Waals surface area contributed by atoms with Crippen LogP contribution >= 0.6 is 0 Å². The Hall–Kier alpha value is -4.01. The fourth-order valence-corrected chi connectivity index (χ4v) is 8.91. The summed E-state index contributed by atoms with van der Waals surface area (Å²) in [4.78, 5) is 61.9. The van der Waals surface area contributed by atoms with E-state index < -0.39 is 47.7 Å². The molecule has 0 spiro atoms. The Morgan fingerprint density at radius 1 is 0.929 bits per heavy atom. The molecule has 4 heterocycles. The predicted molar refractivity (Wildman–Crippen MR) is 212 cm³/mol. The van der Waals surface area contributed by atoms with Crippen molar-refractivity contribution in [1.29, 1.82) is 0 Å². The zero-order chi connectivity index (χ0) is 40.1. The zero-order valence-electron chi connectivity index (χ0n) is 33.6. The quantitative estimate of drug-likeness (QED) is 0.0834. The Morgan fingerprint density at radius 3 is 2.29 bits per heavy atom. The highest BCUT2D eigenvalue weighted by Crippen LogP contribution is 2.34. The number of ether oxygens (including phenoxy) is 1. The van der Waals surface area contributed by atoms with Crippen molar-refractivity contribution >= 4 is 23.8 Å². The number of aliphatic hydroxyl groups is 2. The maximum atomic E-state index is 14.3. The number of aliphatic hydroxyl groups excluding tert-OH is 2.